The van der Waals surface area contributed by atoms with Gasteiger partial charge in [-0.2, -0.15) is 8.78 Å². The summed E-state index contributed by atoms with van der Waals surface area (Å²) in [7, 11) is 0. The molecule has 0 aliphatic carbocycles. The normalized spacial score (nSPS) is 10.9. The highest BCUT2D eigenvalue weighted by Crippen LogP contribution is 2.36. The Labute approximate surface area is 91.3 Å². The fourth-order valence-corrected chi connectivity index (χ4v) is 1.62. The van der Waals surface area contributed by atoms with E-state index in [-0.39, 0.29) is 9.49 Å². The summed E-state index contributed by atoms with van der Waals surface area (Å²) in [4.78, 5) is 0. The van der Waals surface area contributed by atoms with Crippen molar-refractivity contribution in [2.24, 2.45) is 0 Å². The Kier molecular flexibility index (Phi) is 4.12. The molecular formula is C8H6Br2F2O. The fourth-order valence-electron chi connectivity index (χ4n) is 0.864. The van der Waals surface area contributed by atoms with Gasteiger partial charge in [-0.05, 0) is 6.07 Å². The summed E-state index contributed by atoms with van der Waals surface area (Å²) in [6, 6.07) is 6.59. The Balaban J connectivity index is 2.91. The smallest absolute Gasteiger partial charge is 0.387 e. The van der Waals surface area contributed by atoms with Gasteiger partial charge in [-0.15, -0.1) is 0 Å². The molecule has 1 aromatic rings. The summed E-state index contributed by atoms with van der Waals surface area (Å²) in [5.41, 5.74) is 0.641. The molecule has 0 spiro atoms. The van der Waals surface area contributed by atoms with E-state index in [0.717, 1.165) is 0 Å². The number of benzene rings is 1. The molecule has 1 aromatic carbocycles. The van der Waals surface area contributed by atoms with Gasteiger partial charge in [0, 0.05) is 5.56 Å². The molecule has 0 unspecified atom stereocenters. The monoisotopic (exact) mass is 314 g/mol. The summed E-state index contributed by atoms with van der Waals surface area (Å²) in [5.74, 6) is 0.177. The van der Waals surface area contributed by atoms with Crippen LogP contribution in [0.5, 0.6) is 5.75 Å². The van der Waals surface area contributed by atoms with E-state index in [1.54, 1.807) is 18.2 Å². The van der Waals surface area contributed by atoms with Gasteiger partial charge in [-0.3, -0.25) is 0 Å². The van der Waals surface area contributed by atoms with Crippen LogP contribution in [-0.2, 0) is 0 Å². The molecule has 0 atom stereocenters. The van der Waals surface area contributed by atoms with Crippen molar-refractivity contribution in [1.82, 2.24) is 0 Å². The number of hydrogen-bond acceptors (Lipinski definition) is 1. The lowest BCUT2D eigenvalue weighted by atomic mass is 10.2. The van der Waals surface area contributed by atoms with Crippen molar-refractivity contribution in [2.75, 3.05) is 0 Å². The summed E-state index contributed by atoms with van der Waals surface area (Å²) in [5, 5.41) is 0. The molecule has 1 rings (SSSR count). The van der Waals surface area contributed by atoms with Gasteiger partial charge in [0.05, 0.1) is 3.74 Å². The molecule has 0 saturated carbocycles. The molecule has 72 valence electrons. The van der Waals surface area contributed by atoms with Gasteiger partial charge in [0.25, 0.3) is 0 Å². The number of halogens is 4. The molecule has 0 radical (unpaired) electrons. The van der Waals surface area contributed by atoms with Gasteiger partial charge in [0.2, 0.25) is 0 Å². The second kappa shape index (κ2) is 4.91. The third-order valence-electron chi connectivity index (χ3n) is 1.37. The van der Waals surface area contributed by atoms with Crippen LogP contribution >= 0.6 is 31.9 Å². The Bertz CT molecular complexity index is 279. The van der Waals surface area contributed by atoms with Gasteiger partial charge in [-0.25, -0.2) is 0 Å². The van der Waals surface area contributed by atoms with Crippen LogP contribution in [0.3, 0.4) is 0 Å². The van der Waals surface area contributed by atoms with E-state index >= 15 is 0 Å². The molecule has 1 nitrogen and oxygen atoms in total. The van der Waals surface area contributed by atoms with Crippen molar-refractivity contribution in [3.63, 3.8) is 0 Å². The van der Waals surface area contributed by atoms with E-state index in [1.165, 1.54) is 6.07 Å². The number of ether oxygens (including phenoxy) is 1. The highest BCUT2D eigenvalue weighted by Gasteiger charge is 2.12. The Hall–Kier alpha value is -0.160. The first-order valence-electron chi connectivity index (χ1n) is 3.43. The van der Waals surface area contributed by atoms with Crippen molar-refractivity contribution < 1.29 is 13.5 Å². The molecule has 13 heavy (non-hydrogen) atoms. The second-order valence-electron chi connectivity index (χ2n) is 2.22. The van der Waals surface area contributed by atoms with Crippen molar-refractivity contribution >= 4 is 31.9 Å². The predicted molar refractivity (Wildman–Crippen MR) is 53.7 cm³/mol. The van der Waals surface area contributed by atoms with Crippen molar-refractivity contribution in [3.05, 3.63) is 29.8 Å². The average molecular weight is 316 g/mol. The van der Waals surface area contributed by atoms with Crippen molar-refractivity contribution in [2.45, 2.75) is 10.3 Å². The van der Waals surface area contributed by atoms with Crippen LogP contribution in [0.1, 0.15) is 9.30 Å². The van der Waals surface area contributed by atoms with E-state index in [2.05, 4.69) is 36.6 Å². The molecule has 0 aliphatic rings. The van der Waals surface area contributed by atoms with Gasteiger partial charge in [0.15, 0.2) is 0 Å². The van der Waals surface area contributed by atoms with E-state index in [0.29, 0.717) is 5.56 Å². The van der Waals surface area contributed by atoms with E-state index in [1.807, 2.05) is 0 Å². The first-order valence-corrected chi connectivity index (χ1v) is 5.26. The quantitative estimate of drug-likeness (QED) is 0.764. The van der Waals surface area contributed by atoms with Crippen LogP contribution in [0.4, 0.5) is 8.78 Å². The van der Waals surface area contributed by atoms with E-state index in [4.69, 9.17) is 0 Å². The summed E-state index contributed by atoms with van der Waals surface area (Å²) >= 11 is 6.43. The topological polar surface area (TPSA) is 9.23 Å². The minimum atomic E-state index is -2.79. The first-order chi connectivity index (χ1) is 6.11. The minimum Gasteiger partial charge on any atom is -0.434 e. The highest BCUT2D eigenvalue weighted by molar-refractivity contribution is 9.24. The third kappa shape index (κ3) is 3.23. The molecule has 0 saturated heterocycles. The van der Waals surface area contributed by atoms with Gasteiger partial charge < -0.3 is 4.74 Å². The average Bonchev–Trinajstić information content (AvgIpc) is 2.03. The number of hydrogen-bond donors (Lipinski definition) is 0. The maximum Gasteiger partial charge on any atom is 0.387 e. The standard InChI is InChI=1S/C8H6Br2F2O/c9-7(10)5-3-1-2-4-6(5)13-8(11)12/h1-4,7-8H. The maximum absolute atomic E-state index is 11.9. The SMILES string of the molecule is FC(F)Oc1ccccc1C(Br)Br. The van der Waals surface area contributed by atoms with Crippen LogP contribution < -0.4 is 4.74 Å². The Morgan fingerprint density at radius 3 is 2.31 bits per heavy atom. The van der Waals surface area contributed by atoms with Crippen molar-refractivity contribution in [1.29, 1.82) is 0 Å². The van der Waals surface area contributed by atoms with E-state index in [9.17, 15) is 8.78 Å². The molecule has 0 aromatic heterocycles. The van der Waals surface area contributed by atoms with Gasteiger partial charge in [0.1, 0.15) is 5.75 Å². The molecule has 0 N–H and O–H groups in total. The largest absolute Gasteiger partial charge is 0.434 e. The third-order valence-corrected chi connectivity index (χ3v) is 2.36. The zero-order valence-electron chi connectivity index (χ0n) is 6.38. The predicted octanol–water partition coefficient (Wildman–Crippen LogP) is 4.08. The molecule has 0 fully saturated rings. The maximum atomic E-state index is 11.9. The van der Waals surface area contributed by atoms with Gasteiger partial charge >= 0.3 is 6.61 Å². The zero-order chi connectivity index (χ0) is 9.84. The highest BCUT2D eigenvalue weighted by atomic mass is 79.9. The van der Waals surface area contributed by atoms with Crippen LogP contribution in [0, 0.1) is 0 Å². The molecule has 0 bridgehead atoms. The summed E-state index contributed by atoms with van der Waals surface area (Å²) in [6.07, 6.45) is 0. The lowest BCUT2D eigenvalue weighted by Gasteiger charge is -2.10. The lowest BCUT2D eigenvalue weighted by molar-refractivity contribution is -0.0503. The van der Waals surface area contributed by atoms with Crippen molar-refractivity contribution in [3.8, 4) is 5.75 Å². The molecule has 0 amide bonds. The number of alkyl halides is 4. The first kappa shape index (κ1) is 10.9. The van der Waals surface area contributed by atoms with Crippen LogP contribution in [0.15, 0.2) is 24.3 Å². The van der Waals surface area contributed by atoms with Crippen LogP contribution in [0.2, 0.25) is 0 Å². The lowest BCUT2D eigenvalue weighted by Crippen LogP contribution is -2.03. The van der Waals surface area contributed by atoms with Gasteiger partial charge in [-0.1, -0.05) is 50.1 Å². The summed E-state index contributed by atoms with van der Waals surface area (Å²) in [6.45, 7) is -2.79. The van der Waals surface area contributed by atoms with Crippen LogP contribution in [-0.4, -0.2) is 6.61 Å². The zero-order valence-corrected chi connectivity index (χ0v) is 9.56. The molecule has 0 heterocycles. The fraction of sp³-hybridized carbons (Fsp3) is 0.250. The number of rotatable bonds is 3. The molecular weight excluding hydrogens is 310 g/mol. The second-order valence-corrected chi connectivity index (χ2v) is 5.28. The molecule has 0 aliphatic heterocycles. The van der Waals surface area contributed by atoms with Crippen LogP contribution in [0.25, 0.3) is 0 Å². The minimum absolute atomic E-state index is 0.177. The summed E-state index contributed by atoms with van der Waals surface area (Å²) < 4.78 is 28.0. The molecule has 5 heteroatoms. The van der Waals surface area contributed by atoms with E-state index < -0.39 is 6.61 Å². The Morgan fingerprint density at radius 2 is 1.77 bits per heavy atom. The number of para-hydroxylation sites is 1. The Morgan fingerprint density at radius 1 is 1.15 bits per heavy atom.